The molecule has 82 heavy (non-hydrogen) atoms. The zero-order valence-electron chi connectivity index (χ0n) is 49.7. The van der Waals surface area contributed by atoms with Crippen LogP contribution in [0.4, 0.5) is 0 Å². The van der Waals surface area contributed by atoms with Crippen molar-refractivity contribution >= 4 is 65.5 Å². The van der Waals surface area contributed by atoms with Gasteiger partial charge in [-0.1, -0.05) is 183 Å². The number of rotatable bonds is 24. The first-order valence-corrected chi connectivity index (χ1v) is 35.3. The SMILES string of the molecule is CCCCN(CCCC)C(=O)c1cn(CCOCCO[Si](c2ccccc2)(c2ccccc2)C(C)(C)C)c(-c2ccc(C(=O)NS(=O)(=O)c3ccc4ccccc4c3)cc2C(=O)N2Cc3ccccc3C[C@H]2CO[Si](C)(C)C(C)(C)C)n1. The predicted molar refractivity (Wildman–Crippen MR) is 333 cm³/mol. The van der Waals surface area contributed by atoms with E-state index in [4.69, 9.17) is 18.6 Å². The molecule has 0 saturated carbocycles. The van der Waals surface area contributed by atoms with Crippen molar-refractivity contribution in [2.24, 2.45) is 0 Å². The van der Waals surface area contributed by atoms with E-state index >= 15 is 4.79 Å². The number of fused-ring (bicyclic) bond motifs is 2. The molecule has 0 fully saturated rings. The molecule has 0 spiro atoms. The minimum absolute atomic E-state index is 0.0492. The predicted octanol–water partition coefficient (Wildman–Crippen LogP) is 12.0. The molecular formula is C66H83N5O8SSi2. The number of sulfonamides is 1. The summed E-state index contributed by atoms with van der Waals surface area (Å²) in [6.07, 6.45) is 5.74. The van der Waals surface area contributed by atoms with Gasteiger partial charge >= 0.3 is 0 Å². The molecule has 434 valence electrons. The molecule has 1 N–H and O–H groups in total. The number of carbonyl (C=O) groups excluding carboxylic acids is 3. The molecule has 0 saturated heterocycles. The smallest absolute Gasteiger partial charge is 0.274 e. The molecule has 3 amide bonds. The molecule has 6 aromatic carbocycles. The highest BCUT2D eigenvalue weighted by atomic mass is 32.2. The van der Waals surface area contributed by atoms with Gasteiger partial charge in [-0.3, -0.25) is 14.4 Å². The number of nitrogens with zero attached hydrogens (tertiary/aromatic N) is 4. The highest BCUT2D eigenvalue weighted by Crippen LogP contribution is 2.39. The fraction of sp³-hybridized carbons (Fsp3) is 0.394. The van der Waals surface area contributed by atoms with Crippen LogP contribution in [-0.2, 0) is 43.1 Å². The average Bonchev–Trinajstić information content (AvgIpc) is 2.39. The lowest BCUT2D eigenvalue weighted by atomic mass is 9.92. The van der Waals surface area contributed by atoms with E-state index in [0.29, 0.717) is 42.9 Å². The van der Waals surface area contributed by atoms with Crippen molar-refractivity contribution in [2.45, 2.75) is 135 Å². The topological polar surface area (TPSA) is 149 Å². The molecule has 0 unspecified atom stereocenters. The lowest BCUT2D eigenvalue weighted by molar-refractivity contribution is 0.0555. The van der Waals surface area contributed by atoms with Crippen molar-refractivity contribution in [3.63, 3.8) is 0 Å². The molecule has 0 radical (unpaired) electrons. The first-order chi connectivity index (χ1) is 39.1. The largest absolute Gasteiger partial charge is 0.415 e. The summed E-state index contributed by atoms with van der Waals surface area (Å²) in [5, 5.41) is 3.58. The second-order valence-electron chi connectivity index (χ2n) is 24.1. The van der Waals surface area contributed by atoms with Crippen molar-refractivity contribution in [2.75, 3.05) is 39.5 Å². The van der Waals surface area contributed by atoms with Gasteiger partial charge in [0.05, 0.1) is 42.9 Å². The van der Waals surface area contributed by atoms with E-state index in [1.54, 1.807) is 18.3 Å². The summed E-state index contributed by atoms with van der Waals surface area (Å²) in [4.78, 5) is 53.7. The Bertz CT molecular complexity index is 3400. The molecule has 0 bridgehead atoms. The fourth-order valence-electron chi connectivity index (χ4n) is 10.6. The molecule has 0 aliphatic carbocycles. The molecule has 2 heterocycles. The monoisotopic (exact) mass is 1160 g/mol. The maximum atomic E-state index is 15.9. The van der Waals surface area contributed by atoms with Crippen molar-refractivity contribution in [1.82, 2.24) is 24.1 Å². The molecule has 1 aliphatic rings. The molecule has 1 atom stereocenters. The number of unbranched alkanes of at least 4 members (excludes halogenated alkanes) is 2. The van der Waals surface area contributed by atoms with E-state index in [1.165, 1.54) is 34.6 Å². The Morgan fingerprint density at radius 2 is 1.30 bits per heavy atom. The number of hydrogen-bond donors (Lipinski definition) is 1. The van der Waals surface area contributed by atoms with Gasteiger partial charge in [-0.2, -0.15) is 0 Å². The van der Waals surface area contributed by atoms with Crippen LogP contribution in [0.3, 0.4) is 0 Å². The van der Waals surface area contributed by atoms with Crippen LogP contribution in [0.25, 0.3) is 22.2 Å². The minimum Gasteiger partial charge on any atom is -0.415 e. The van der Waals surface area contributed by atoms with Crippen LogP contribution in [0.2, 0.25) is 23.2 Å². The summed E-state index contributed by atoms with van der Waals surface area (Å²) in [5.41, 5.74) is 2.75. The van der Waals surface area contributed by atoms with Gasteiger partial charge < -0.3 is 28.0 Å². The van der Waals surface area contributed by atoms with Crippen molar-refractivity contribution < 1.29 is 36.4 Å². The van der Waals surface area contributed by atoms with Gasteiger partial charge in [-0.05, 0) is 105 Å². The van der Waals surface area contributed by atoms with E-state index in [-0.39, 0.29) is 70.6 Å². The third kappa shape index (κ3) is 13.9. The van der Waals surface area contributed by atoms with E-state index in [2.05, 4.69) is 128 Å². The van der Waals surface area contributed by atoms with Gasteiger partial charge in [0, 0.05) is 43.5 Å². The van der Waals surface area contributed by atoms with E-state index in [1.807, 2.05) is 69.0 Å². The zero-order valence-corrected chi connectivity index (χ0v) is 52.5. The third-order valence-electron chi connectivity index (χ3n) is 16.4. The molecule has 1 aliphatic heterocycles. The van der Waals surface area contributed by atoms with Gasteiger partial charge in [0.15, 0.2) is 8.32 Å². The zero-order chi connectivity index (χ0) is 58.9. The summed E-state index contributed by atoms with van der Waals surface area (Å²) >= 11 is 0. The van der Waals surface area contributed by atoms with Gasteiger partial charge in [-0.25, -0.2) is 18.1 Å². The summed E-state index contributed by atoms with van der Waals surface area (Å²) in [7, 11) is -9.52. The molecule has 13 nitrogen and oxygen atoms in total. The fourth-order valence-corrected chi connectivity index (χ4v) is 17.2. The Labute approximate surface area is 488 Å². The van der Waals surface area contributed by atoms with Crippen LogP contribution in [0.5, 0.6) is 0 Å². The summed E-state index contributed by atoms with van der Waals surface area (Å²) in [6.45, 7) is 24.6. The first-order valence-electron chi connectivity index (χ1n) is 29.0. The van der Waals surface area contributed by atoms with Gasteiger partial charge in [0.1, 0.15) is 11.5 Å². The standard InChI is InChI=1S/C66H83N5O8SSi2/c1-11-13-37-69(38-14-12-2)64(74)60-47-70(39-40-77-41-42-78-82(66(6,7)8,56-29-17-15-18-30-56)57-31-19-16-20-32-57)61(67-60)58-36-34-52(62(72)68-80(75,76)55-35-33-49-25-21-22-27-51(49)44-55)45-59(58)63(73)71-46-53-28-24-23-26-50(53)43-54(71)48-79-81(9,10)65(3,4)5/h15-36,44-45,47,54H,11-14,37-43,46,48H2,1-10H3,(H,68,72)/t54-/m0/s1. The number of hydrogen-bond acceptors (Lipinski definition) is 9. The summed E-state index contributed by atoms with van der Waals surface area (Å²) in [5.74, 6) is -1.20. The van der Waals surface area contributed by atoms with Crippen LogP contribution in [0, 0.1) is 0 Å². The maximum absolute atomic E-state index is 15.9. The van der Waals surface area contributed by atoms with E-state index < -0.39 is 44.5 Å². The van der Waals surface area contributed by atoms with Gasteiger partial charge in [0.2, 0.25) is 0 Å². The molecular weight excluding hydrogens is 1080 g/mol. The number of amides is 3. The highest BCUT2D eigenvalue weighted by Gasteiger charge is 2.50. The van der Waals surface area contributed by atoms with E-state index in [0.717, 1.165) is 42.2 Å². The summed E-state index contributed by atoms with van der Waals surface area (Å²) < 4.78 is 52.6. The number of imidazole rings is 1. The van der Waals surface area contributed by atoms with Gasteiger partial charge in [0.25, 0.3) is 36.1 Å². The second-order valence-corrected chi connectivity index (χ2v) is 34.9. The lowest BCUT2D eigenvalue weighted by Crippen LogP contribution is -2.66. The van der Waals surface area contributed by atoms with E-state index in [9.17, 15) is 18.0 Å². The highest BCUT2D eigenvalue weighted by molar-refractivity contribution is 7.90. The normalized spacial score (nSPS) is 14.2. The number of benzene rings is 6. The lowest BCUT2D eigenvalue weighted by Gasteiger charge is -2.43. The molecule has 1 aromatic heterocycles. The Morgan fingerprint density at radius 3 is 1.93 bits per heavy atom. The van der Waals surface area contributed by atoms with Gasteiger partial charge in [-0.15, -0.1) is 0 Å². The second kappa shape index (κ2) is 26.4. The van der Waals surface area contributed by atoms with Crippen molar-refractivity contribution in [1.29, 1.82) is 0 Å². The minimum atomic E-state index is -4.37. The number of nitrogens with one attached hydrogen (secondary N) is 1. The van der Waals surface area contributed by atoms with Crippen molar-refractivity contribution in [3.8, 4) is 11.4 Å². The van der Waals surface area contributed by atoms with Crippen LogP contribution >= 0.6 is 0 Å². The number of ether oxygens (including phenoxy) is 1. The van der Waals surface area contributed by atoms with Crippen LogP contribution in [0.15, 0.2) is 157 Å². The molecule has 16 heteroatoms. The Kier molecular flexibility index (Phi) is 19.8. The molecule has 8 rings (SSSR count). The Hall–Kier alpha value is -6.54. The van der Waals surface area contributed by atoms with Crippen LogP contribution in [0.1, 0.15) is 123 Å². The first kappa shape index (κ1) is 61.5. The van der Waals surface area contributed by atoms with Crippen LogP contribution < -0.4 is 15.1 Å². The number of carbonyl (C=O) groups is 3. The van der Waals surface area contributed by atoms with Crippen LogP contribution in [-0.4, -0.2) is 108 Å². The van der Waals surface area contributed by atoms with Crippen molar-refractivity contribution in [3.05, 3.63) is 180 Å². The number of aromatic nitrogens is 2. The summed E-state index contributed by atoms with van der Waals surface area (Å²) in [6, 6.07) is 45.3. The Morgan fingerprint density at radius 1 is 0.695 bits per heavy atom. The molecule has 7 aromatic rings. The average molecular weight is 1160 g/mol. The quantitative estimate of drug-likeness (QED) is 0.0461. The maximum Gasteiger partial charge on any atom is 0.274 e. The Balaban J connectivity index is 1.18. The third-order valence-corrected chi connectivity index (χ3v) is 27.2.